The molecule has 1 N–H and O–H groups in total. The summed E-state index contributed by atoms with van der Waals surface area (Å²) in [4.78, 5) is 35.6. The fraction of sp³-hybridized carbons (Fsp3) is 0.167. The number of nitrogens with one attached hydrogen (secondary N) is 1. The first-order valence-corrected chi connectivity index (χ1v) is 7.40. The van der Waals surface area contributed by atoms with Gasteiger partial charge in [0.15, 0.2) is 6.10 Å². The Morgan fingerprint density at radius 3 is 1.92 bits per heavy atom. The molecule has 0 heterocycles. The first-order chi connectivity index (χ1) is 11.9. The maximum absolute atomic E-state index is 12.8. The smallest absolute Gasteiger partial charge is 0.326 e. The van der Waals surface area contributed by atoms with Gasteiger partial charge in [-0.15, -0.1) is 0 Å². The molecule has 1 atom stereocenters. The number of ether oxygens (including phenoxy) is 1. The van der Waals surface area contributed by atoms with Crippen molar-refractivity contribution in [1.82, 2.24) is 5.32 Å². The van der Waals surface area contributed by atoms with Crippen LogP contribution in [0.25, 0.3) is 0 Å². The van der Waals surface area contributed by atoms with Crippen LogP contribution in [-0.4, -0.2) is 30.3 Å². The minimum atomic E-state index is -1.08. The highest BCUT2D eigenvalue weighted by atomic mass is 19.1. The van der Waals surface area contributed by atoms with Crippen LogP contribution in [0.5, 0.6) is 0 Å². The molecule has 2 rings (SSSR count). The molecular weight excluding hydrogens is 332 g/mol. The number of carbonyl (C=O) groups excluding carboxylic acids is 3. The molecule has 0 radical (unpaired) electrons. The van der Waals surface area contributed by atoms with Gasteiger partial charge in [-0.05, 0) is 55.5 Å². The molecule has 1 amide bonds. The summed E-state index contributed by atoms with van der Waals surface area (Å²) in [6.45, 7) is 0.933. The Balaban J connectivity index is 1.84. The van der Waals surface area contributed by atoms with Gasteiger partial charge >= 0.3 is 5.97 Å². The van der Waals surface area contributed by atoms with Gasteiger partial charge < -0.3 is 10.1 Å². The minimum Gasteiger partial charge on any atom is -0.453 e. The van der Waals surface area contributed by atoms with Crippen molar-refractivity contribution in [3.05, 3.63) is 71.3 Å². The summed E-state index contributed by atoms with van der Waals surface area (Å²) in [5.41, 5.74) is 0.390. The SMILES string of the molecule is C[C@@H](OC(=O)CNC(=O)c1ccc(F)cc1)C(=O)c1ccc(F)cc1. The molecule has 0 spiro atoms. The summed E-state index contributed by atoms with van der Waals surface area (Å²) >= 11 is 0. The quantitative estimate of drug-likeness (QED) is 0.644. The Labute approximate surface area is 142 Å². The molecule has 0 aromatic heterocycles. The highest BCUT2D eigenvalue weighted by Crippen LogP contribution is 2.08. The number of benzene rings is 2. The van der Waals surface area contributed by atoms with Gasteiger partial charge in [0.25, 0.3) is 5.91 Å². The van der Waals surface area contributed by atoms with Crippen LogP contribution < -0.4 is 5.32 Å². The maximum Gasteiger partial charge on any atom is 0.326 e. The van der Waals surface area contributed by atoms with Gasteiger partial charge in [-0.3, -0.25) is 14.4 Å². The second-order valence-electron chi connectivity index (χ2n) is 5.19. The second kappa shape index (κ2) is 8.14. The third kappa shape index (κ3) is 5.20. The third-order valence-corrected chi connectivity index (χ3v) is 3.31. The Morgan fingerprint density at radius 2 is 1.40 bits per heavy atom. The maximum atomic E-state index is 12.8. The molecule has 0 aliphatic carbocycles. The topological polar surface area (TPSA) is 72.5 Å². The fourth-order valence-corrected chi connectivity index (χ4v) is 2.00. The lowest BCUT2D eigenvalue weighted by molar-refractivity contribution is -0.145. The number of amides is 1. The van der Waals surface area contributed by atoms with E-state index < -0.39 is 41.9 Å². The summed E-state index contributed by atoms with van der Waals surface area (Å²) in [5, 5.41) is 2.31. The molecule has 130 valence electrons. The van der Waals surface area contributed by atoms with E-state index in [4.69, 9.17) is 4.74 Å². The average Bonchev–Trinajstić information content (AvgIpc) is 2.60. The van der Waals surface area contributed by atoms with Crippen molar-refractivity contribution in [2.45, 2.75) is 13.0 Å². The zero-order valence-corrected chi connectivity index (χ0v) is 13.3. The van der Waals surface area contributed by atoms with Crippen molar-refractivity contribution in [2.75, 3.05) is 6.54 Å². The van der Waals surface area contributed by atoms with E-state index in [1.54, 1.807) is 0 Å². The summed E-state index contributed by atoms with van der Waals surface area (Å²) in [6, 6.07) is 9.63. The molecule has 0 aliphatic heterocycles. The van der Waals surface area contributed by atoms with E-state index in [1.807, 2.05) is 0 Å². The number of hydrogen-bond donors (Lipinski definition) is 1. The summed E-state index contributed by atoms with van der Waals surface area (Å²) in [7, 11) is 0. The molecule has 0 saturated carbocycles. The van der Waals surface area contributed by atoms with Crippen molar-refractivity contribution in [3.8, 4) is 0 Å². The normalized spacial score (nSPS) is 11.5. The van der Waals surface area contributed by atoms with Crippen molar-refractivity contribution in [1.29, 1.82) is 0 Å². The van der Waals surface area contributed by atoms with Crippen LogP contribution in [0.4, 0.5) is 8.78 Å². The first-order valence-electron chi connectivity index (χ1n) is 7.40. The number of carbonyl (C=O) groups is 3. The fourth-order valence-electron chi connectivity index (χ4n) is 2.00. The van der Waals surface area contributed by atoms with Gasteiger partial charge in [-0.2, -0.15) is 0 Å². The van der Waals surface area contributed by atoms with Gasteiger partial charge in [0.05, 0.1) is 0 Å². The van der Waals surface area contributed by atoms with Crippen LogP contribution in [0.3, 0.4) is 0 Å². The Bertz CT molecular complexity index is 773. The molecule has 2 aromatic rings. The van der Waals surface area contributed by atoms with Crippen LogP contribution >= 0.6 is 0 Å². The van der Waals surface area contributed by atoms with E-state index in [2.05, 4.69) is 5.32 Å². The van der Waals surface area contributed by atoms with E-state index in [-0.39, 0.29) is 11.1 Å². The number of ketones is 1. The zero-order valence-electron chi connectivity index (χ0n) is 13.3. The lowest BCUT2D eigenvalue weighted by Crippen LogP contribution is -2.34. The lowest BCUT2D eigenvalue weighted by atomic mass is 10.1. The molecule has 7 heteroatoms. The van der Waals surface area contributed by atoms with E-state index in [0.29, 0.717) is 0 Å². The molecule has 25 heavy (non-hydrogen) atoms. The summed E-state index contributed by atoms with van der Waals surface area (Å²) < 4.78 is 30.6. The van der Waals surface area contributed by atoms with Crippen LogP contribution in [-0.2, 0) is 9.53 Å². The number of rotatable bonds is 6. The molecule has 2 aromatic carbocycles. The minimum absolute atomic E-state index is 0.185. The number of Topliss-reactive ketones (excluding diaryl/α,β-unsaturated/α-hetero) is 1. The predicted molar refractivity (Wildman–Crippen MR) is 85.0 cm³/mol. The first kappa shape index (κ1) is 18.3. The molecule has 5 nitrogen and oxygen atoms in total. The summed E-state index contributed by atoms with van der Waals surface area (Å²) in [6.07, 6.45) is -1.08. The predicted octanol–water partition coefficient (Wildman–Crippen LogP) is 2.51. The highest BCUT2D eigenvalue weighted by molar-refractivity contribution is 6.00. The second-order valence-corrected chi connectivity index (χ2v) is 5.19. The van der Waals surface area contributed by atoms with Gasteiger partial charge in [0, 0.05) is 11.1 Å². The van der Waals surface area contributed by atoms with E-state index >= 15 is 0 Å². The number of hydrogen-bond acceptors (Lipinski definition) is 4. The van der Waals surface area contributed by atoms with Crippen molar-refractivity contribution < 1.29 is 27.9 Å². The highest BCUT2D eigenvalue weighted by Gasteiger charge is 2.20. The van der Waals surface area contributed by atoms with E-state index in [0.717, 1.165) is 24.3 Å². The van der Waals surface area contributed by atoms with Gasteiger partial charge in [0.2, 0.25) is 5.78 Å². The molecule has 0 fully saturated rings. The largest absolute Gasteiger partial charge is 0.453 e. The summed E-state index contributed by atoms with van der Waals surface area (Å²) in [5.74, 6) is -2.83. The lowest BCUT2D eigenvalue weighted by Gasteiger charge is -2.13. The molecule has 0 saturated heterocycles. The van der Waals surface area contributed by atoms with Crippen LogP contribution in [0.1, 0.15) is 27.6 Å². The van der Waals surface area contributed by atoms with Crippen LogP contribution in [0.2, 0.25) is 0 Å². The van der Waals surface area contributed by atoms with Crippen molar-refractivity contribution >= 4 is 17.7 Å². The van der Waals surface area contributed by atoms with Gasteiger partial charge in [0.1, 0.15) is 18.2 Å². The molecule has 0 aliphatic rings. The van der Waals surface area contributed by atoms with E-state index in [9.17, 15) is 23.2 Å². The van der Waals surface area contributed by atoms with Crippen molar-refractivity contribution in [2.24, 2.45) is 0 Å². The number of esters is 1. The number of halogens is 2. The third-order valence-electron chi connectivity index (χ3n) is 3.31. The van der Waals surface area contributed by atoms with Gasteiger partial charge in [-0.1, -0.05) is 0 Å². The molecule has 0 unspecified atom stereocenters. The van der Waals surface area contributed by atoms with Crippen LogP contribution in [0, 0.1) is 11.6 Å². The standard InChI is InChI=1S/C18H15F2NO4/c1-11(17(23)12-2-6-14(19)7-3-12)25-16(22)10-21-18(24)13-4-8-15(20)9-5-13/h2-9,11H,10H2,1H3,(H,21,24)/t11-/m1/s1. The Kier molecular flexibility index (Phi) is 5.94. The molecule has 0 bridgehead atoms. The van der Waals surface area contributed by atoms with Crippen molar-refractivity contribution in [3.63, 3.8) is 0 Å². The average molecular weight is 347 g/mol. The Hall–Kier alpha value is -3.09. The molecular formula is C18H15F2NO4. The van der Waals surface area contributed by atoms with Crippen LogP contribution in [0.15, 0.2) is 48.5 Å². The monoisotopic (exact) mass is 347 g/mol. The van der Waals surface area contributed by atoms with Gasteiger partial charge in [-0.25, -0.2) is 8.78 Å². The Morgan fingerprint density at radius 1 is 0.920 bits per heavy atom. The zero-order chi connectivity index (χ0) is 18.4. The van der Waals surface area contributed by atoms with E-state index in [1.165, 1.54) is 31.2 Å².